The standard InChI is InChI=1S/C23H40BN3O3Si/c1-20(2,3)31(8,9)28-19-10-12-23(13-11-19,14-15-25)27-17-18(16-26-27)24-29-21(4,5)22(6,7)30-24/h16-17,19H,10-14H2,1-9H3. The van der Waals surface area contributed by atoms with Crippen molar-refractivity contribution in [2.75, 3.05) is 0 Å². The lowest BCUT2D eigenvalue weighted by Gasteiger charge is -2.44. The molecule has 31 heavy (non-hydrogen) atoms. The van der Waals surface area contributed by atoms with E-state index in [4.69, 9.17) is 13.7 Å². The molecule has 6 nitrogen and oxygen atoms in total. The molecule has 1 saturated heterocycles. The quantitative estimate of drug-likeness (QED) is 0.612. The van der Waals surface area contributed by atoms with Crippen LogP contribution in [0.15, 0.2) is 12.4 Å². The first kappa shape index (κ1) is 24.5. The number of rotatable bonds is 5. The molecular weight excluding hydrogens is 405 g/mol. The summed E-state index contributed by atoms with van der Waals surface area (Å²) in [7, 11) is -2.23. The summed E-state index contributed by atoms with van der Waals surface area (Å²) >= 11 is 0. The van der Waals surface area contributed by atoms with Gasteiger partial charge in [0.25, 0.3) is 0 Å². The first-order valence-corrected chi connectivity index (χ1v) is 14.5. The third kappa shape index (κ3) is 4.66. The zero-order valence-corrected chi connectivity index (χ0v) is 21.9. The Labute approximate surface area is 189 Å². The molecular formula is C23H40BN3O3Si. The SMILES string of the molecule is CC1(C)OB(c2cnn(C3(CC#N)CCC(O[Si](C)(C)C(C)(C)C)CC3)c2)OC1(C)C. The largest absolute Gasteiger partial charge is 0.498 e. The molecule has 0 unspecified atom stereocenters. The highest BCUT2D eigenvalue weighted by Gasteiger charge is 2.52. The van der Waals surface area contributed by atoms with Gasteiger partial charge in [0.05, 0.1) is 29.2 Å². The Morgan fingerprint density at radius 3 is 2.23 bits per heavy atom. The Kier molecular flexibility index (Phi) is 6.34. The van der Waals surface area contributed by atoms with Crippen molar-refractivity contribution in [2.45, 2.75) is 122 Å². The summed E-state index contributed by atoms with van der Waals surface area (Å²) in [5.41, 5.74) is -0.146. The minimum absolute atomic E-state index is 0.202. The van der Waals surface area contributed by atoms with Crippen LogP contribution in [0, 0.1) is 11.3 Å². The summed E-state index contributed by atoms with van der Waals surface area (Å²) in [5.74, 6) is 0. The highest BCUT2D eigenvalue weighted by molar-refractivity contribution is 6.74. The highest BCUT2D eigenvalue weighted by atomic mass is 28.4. The van der Waals surface area contributed by atoms with Gasteiger partial charge in [0.15, 0.2) is 8.32 Å². The van der Waals surface area contributed by atoms with Crippen LogP contribution in [0.2, 0.25) is 18.1 Å². The highest BCUT2D eigenvalue weighted by Crippen LogP contribution is 2.43. The molecule has 2 heterocycles. The third-order valence-electron chi connectivity index (χ3n) is 8.15. The molecule has 0 N–H and O–H groups in total. The number of nitriles is 1. The normalized spacial score (nSPS) is 28.5. The van der Waals surface area contributed by atoms with Gasteiger partial charge in [0.1, 0.15) is 0 Å². The molecule has 172 valence electrons. The molecule has 3 rings (SSSR count). The fraction of sp³-hybridized carbons (Fsp3) is 0.826. The molecule has 0 spiro atoms. The molecule has 2 fully saturated rings. The predicted molar refractivity (Wildman–Crippen MR) is 127 cm³/mol. The maximum atomic E-state index is 9.59. The van der Waals surface area contributed by atoms with E-state index in [-0.39, 0.29) is 27.9 Å². The molecule has 1 aromatic rings. The summed E-state index contributed by atoms with van der Waals surface area (Å²) < 4.78 is 21.1. The zero-order chi connectivity index (χ0) is 23.3. The Morgan fingerprint density at radius 2 is 1.74 bits per heavy atom. The molecule has 0 aromatic carbocycles. The van der Waals surface area contributed by atoms with Gasteiger partial charge < -0.3 is 13.7 Å². The fourth-order valence-electron chi connectivity index (χ4n) is 4.17. The molecule has 2 aliphatic rings. The lowest BCUT2D eigenvalue weighted by molar-refractivity contribution is 0.00578. The molecule has 0 bridgehead atoms. The number of hydrogen-bond donors (Lipinski definition) is 0. The van der Waals surface area contributed by atoms with E-state index in [1.165, 1.54) is 0 Å². The van der Waals surface area contributed by atoms with E-state index in [0.29, 0.717) is 6.42 Å². The third-order valence-corrected chi connectivity index (χ3v) is 12.7. The molecule has 0 atom stereocenters. The van der Waals surface area contributed by atoms with Crippen LogP contribution in [0.3, 0.4) is 0 Å². The summed E-state index contributed by atoms with van der Waals surface area (Å²) in [6.45, 7) is 19.7. The van der Waals surface area contributed by atoms with Crippen molar-refractivity contribution in [3.63, 3.8) is 0 Å². The van der Waals surface area contributed by atoms with E-state index >= 15 is 0 Å². The van der Waals surface area contributed by atoms with Crippen molar-refractivity contribution >= 4 is 20.9 Å². The minimum atomic E-state index is -1.80. The van der Waals surface area contributed by atoms with Crippen LogP contribution >= 0.6 is 0 Å². The molecule has 0 amide bonds. The molecule has 0 radical (unpaired) electrons. The van der Waals surface area contributed by atoms with E-state index in [0.717, 1.165) is 31.1 Å². The van der Waals surface area contributed by atoms with Gasteiger partial charge in [0.2, 0.25) is 0 Å². The molecule has 8 heteroatoms. The maximum absolute atomic E-state index is 9.59. The van der Waals surface area contributed by atoms with Crippen LogP contribution in [0.5, 0.6) is 0 Å². The van der Waals surface area contributed by atoms with Gasteiger partial charge in [-0.25, -0.2) is 0 Å². The van der Waals surface area contributed by atoms with Gasteiger partial charge in [-0.1, -0.05) is 20.8 Å². The maximum Gasteiger partial charge on any atom is 0.498 e. The Bertz CT molecular complexity index is 814. The topological polar surface area (TPSA) is 69.3 Å². The Hall–Kier alpha value is -1.14. The smallest absolute Gasteiger partial charge is 0.414 e. The van der Waals surface area contributed by atoms with Gasteiger partial charge in [0, 0.05) is 24.0 Å². The van der Waals surface area contributed by atoms with Crippen molar-refractivity contribution in [3.8, 4) is 6.07 Å². The van der Waals surface area contributed by atoms with Crippen LogP contribution in [0.4, 0.5) is 0 Å². The van der Waals surface area contributed by atoms with Gasteiger partial charge in [-0.2, -0.15) is 10.4 Å². The van der Waals surface area contributed by atoms with Gasteiger partial charge >= 0.3 is 7.12 Å². The van der Waals surface area contributed by atoms with E-state index in [1.54, 1.807) is 0 Å². The van der Waals surface area contributed by atoms with Crippen molar-refractivity contribution < 1.29 is 13.7 Å². The minimum Gasteiger partial charge on any atom is -0.414 e. The monoisotopic (exact) mass is 445 g/mol. The summed E-state index contributed by atoms with van der Waals surface area (Å²) in [5, 5.41) is 14.5. The number of nitrogens with zero attached hydrogens (tertiary/aromatic N) is 3. The first-order chi connectivity index (χ1) is 14.1. The van der Waals surface area contributed by atoms with Crippen LogP contribution in [0.25, 0.3) is 0 Å². The predicted octanol–water partition coefficient (Wildman–Crippen LogP) is 4.76. The molecule has 1 aliphatic heterocycles. The average Bonchev–Trinajstić information content (AvgIpc) is 3.19. The fourth-order valence-corrected chi connectivity index (χ4v) is 5.59. The van der Waals surface area contributed by atoms with Crippen LogP contribution in [-0.2, 0) is 19.3 Å². The average molecular weight is 445 g/mol. The van der Waals surface area contributed by atoms with Crippen LogP contribution in [-0.4, -0.2) is 42.5 Å². The van der Waals surface area contributed by atoms with E-state index in [9.17, 15) is 5.26 Å². The van der Waals surface area contributed by atoms with Crippen LogP contribution < -0.4 is 5.46 Å². The van der Waals surface area contributed by atoms with Crippen molar-refractivity contribution in [1.29, 1.82) is 5.26 Å². The summed E-state index contributed by atoms with van der Waals surface area (Å²) in [6.07, 6.45) is 8.28. The second kappa shape index (κ2) is 8.02. The Balaban J connectivity index is 1.74. The molecule has 1 aliphatic carbocycles. The van der Waals surface area contributed by atoms with Crippen LogP contribution in [0.1, 0.15) is 80.6 Å². The summed E-state index contributed by atoms with van der Waals surface area (Å²) in [4.78, 5) is 0. The number of aromatic nitrogens is 2. The van der Waals surface area contributed by atoms with Crippen molar-refractivity contribution in [2.24, 2.45) is 0 Å². The number of hydrogen-bond acceptors (Lipinski definition) is 5. The van der Waals surface area contributed by atoms with Crippen molar-refractivity contribution in [3.05, 3.63) is 12.4 Å². The summed E-state index contributed by atoms with van der Waals surface area (Å²) in [6, 6.07) is 2.41. The molecule has 1 saturated carbocycles. The van der Waals surface area contributed by atoms with E-state index < -0.39 is 15.4 Å². The lowest BCUT2D eigenvalue weighted by atomic mass is 9.78. The van der Waals surface area contributed by atoms with E-state index in [2.05, 4.69) is 72.7 Å². The molecule has 1 aromatic heterocycles. The van der Waals surface area contributed by atoms with Crippen molar-refractivity contribution in [1.82, 2.24) is 9.78 Å². The van der Waals surface area contributed by atoms with Gasteiger partial charge in [-0.15, -0.1) is 0 Å². The van der Waals surface area contributed by atoms with Gasteiger partial charge in [-0.05, 0) is 71.5 Å². The second-order valence-electron chi connectivity index (χ2n) is 11.9. The first-order valence-electron chi connectivity index (χ1n) is 11.6. The van der Waals surface area contributed by atoms with Gasteiger partial charge in [-0.3, -0.25) is 4.68 Å². The zero-order valence-electron chi connectivity index (χ0n) is 20.9. The van der Waals surface area contributed by atoms with E-state index in [1.807, 2.05) is 17.1 Å². The lowest BCUT2D eigenvalue weighted by Crippen LogP contribution is -2.47. The Morgan fingerprint density at radius 1 is 1.19 bits per heavy atom. The second-order valence-corrected chi connectivity index (χ2v) is 16.7.